The Morgan fingerprint density at radius 3 is 2.43 bits per heavy atom. The van der Waals surface area contributed by atoms with Crippen molar-refractivity contribution < 1.29 is 9.59 Å². The molecule has 0 fully saturated rings. The molecule has 0 radical (unpaired) electrons. The van der Waals surface area contributed by atoms with Crippen molar-refractivity contribution in [2.75, 3.05) is 11.9 Å². The van der Waals surface area contributed by atoms with Gasteiger partial charge in [-0.3, -0.25) is 9.59 Å². The molecule has 0 unspecified atom stereocenters. The van der Waals surface area contributed by atoms with Gasteiger partial charge in [0.2, 0.25) is 0 Å². The zero-order valence-corrected chi connectivity index (χ0v) is 13.6. The number of carbonyl (C=O) groups excluding carboxylic acids is 2. The van der Waals surface area contributed by atoms with Gasteiger partial charge in [-0.1, -0.05) is 42.5 Å². The predicted molar refractivity (Wildman–Crippen MR) is 92.3 cm³/mol. The van der Waals surface area contributed by atoms with Crippen LogP contribution in [-0.2, 0) is 16.0 Å². The summed E-state index contributed by atoms with van der Waals surface area (Å²) in [5.74, 6) is -1.22. The molecule has 0 heterocycles. The molecule has 4 heteroatoms. The van der Waals surface area contributed by atoms with Gasteiger partial charge in [-0.05, 0) is 49.4 Å². The molecule has 23 heavy (non-hydrogen) atoms. The van der Waals surface area contributed by atoms with Crippen LogP contribution in [0, 0.1) is 13.8 Å². The quantitative estimate of drug-likeness (QED) is 0.659. The Balaban J connectivity index is 1.77. The number of aryl methyl sites for hydroxylation is 3. The van der Waals surface area contributed by atoms with Gasteiger partial charge in [0.25, 0.3) is 0 Å². The first-order valence-corrected chi connectivity index (χ1v) is 7.76. The van der Waals surface area contributed by atoms with Crippen LogP contribution >= 0.6 is 0 Å². The molecule has 0 spiro atoms. The van der Waals surface area contributed by atoms with Gasteiger partial charge >= 0.3 is 11.8 Å². The highest BCUT2D eigenvalue weighted by molar-refractivity contribution is 6.39. The molecule has 2 aromatic carbocycles. The van der Waals surface area contributed by atoms with E-state index in [1.807, 2.05) is 50.2 Å². The molecule has 0 saturated carbocycles. The largest absolute Gasteiger partial charge is 0.348 e. The average molecular weight is 310 g/mol. The first-order chi connectivity index (χ1) is 11.1. The molecule has 2 aromatic rings. The molecule has 0 aliphatic heterocycles. The molecule has 0 bridgehead atoms. The van der Waals surface area contributed by atoms with Crippen LogP contribution in [0.4, 0.5) is 5.69 Å². The van der Waals surface area contributed by atoms with E-state index in [-0.39, 0.29) is 0 Å². The number of hydrogen-bond donors (Lipinski definition) is 2. The van der Waals surface area contributed by atoms with Gasteiger partial charge in [-0.25, -0.2) is 0 Å². The van der Waals surface area contributed by atoms with E-state index in [1.165, 1.54) is 5.56 Å². The Bertz CT molecular complexity index is 681. The SMILES string of the molecule is Cc1ccc(C)c(NC(=O)C(=O)NCCCc2ccccc2)c1. The molecule has 0 aliphatic carbocycles. The Hall–Kier alpha value is -2.62. The normalized spacial score (nSPS) is 10.2. The zero-order valence-electron chi connectivity index (χ0n) is 13.6. The number of amides is 2. The number of hydrogen-bond acceptors (Lipinski definition) is 2. The number of rotatable bonds is 5. The Morgan fingerprint density at radius 2 is 1.70 bits per heavy atom. The van der Waals surface area contributed by atoms with Crippen LogP contribution in [0.1, 0.15) is 23.1 Å². The summed E-state index contributed by atoms with van der Waals surface area (Å²) in [6, 6.07) is 15.8. The minimum Gasteiger partial charge on any atom is -0.348 e. The van der Waals surface area contributed by atoms with Crippen molar-refractivity contribution in [3.63, 3.8) is 0 Å². The molecular formula is C19H22N2O2. The summed E-state index contributed by atoms with van der Waals surface area (Å²) in [4.78, 5) is 23.7. The molecule has 0 aromatic heterocycles. The van der Waals surface area contributed by atoms with E-state index in [1.54, 1.807) is 0 Å². The lowest BCUT2D eigenvalue weighted by Crippen LogP contribution is -2.36. The van der Waals surface area contributed by atoms with Gasteiger partial charge in [0.05, 0.1) is 0 Å². The Kier molecular flexibility index (Phi) is 5.92. The number of nitrogens with one attached hydrogen (secondary N) is 2. The fraction of sp³-hybridized carbons (Fsp3) is 0.263. The monoisotopic (exact) mass is 310 g/mol. The van der Waals surface area contributed by atoms with Crippen molar-refractivity contribution >= 4 is 17.5 Å². The van der Waals surface area contributed by atoms with Crippen molar-refractivity contribution in [2.45, 2.75) is 26.7 Å². The lowest BCUT2D eigenvalue weighted by atomic mass is 10.1. The van der Waals surface area contributed by atoms with Crippen molar-refractivity contribution in [1.82, 2.24) is 5.32 Å². The van der Waals surface area contributed by atoms with E-state index in [9.17, 15) is 9.59 Å². The summed E-state index contributed by atoms with van der Waals surface area (Å²) < 4.78 is 0. The van der Waals surface area contributed by atoms with Crippen LogP contribution in [0.15, 0.2) is 48.5 Å². The number of carbonyl (C=O) groups is 2. The molecule has 0 saturated heterocycles. The lowest BCUT2D eigenvalue weighted by molar-refractivity contribution is -0.136. The van der Waals surface area contributed by atoms with Gasteiger partial charge in [0, 0.05) is 12.2 Å². The second kappa shape index (κ2) is 8.13. The lowest BCUT2D eigenvalue weighted by Gasteiger charge is -2.09. The molecule has 2 amide bonds. The zero-order chi connectivity index (χ0) is 16.7. The third kappa shape index (κ3) is 5.25. The second-order valence-electron chi connectivity index (χ2n) is 5.62. The van der Waals surface area contributed by atoms with Crippen LogP contribution < -0.4 is 10.6 Å². The van der Waals surface area contributed by atoms with Crippen molar-refractivity contribution in [2.24, 2.45) is 0 Å². The third-order valence-corrected chi connectivity index (χ3v) is 3.62. The summed E-state index contributed by atoms with van der Waals surface area (Å²) in [5.41, 5.74) is 3.87. The van der Waals surface area contributed by atoms with Gasteiger partial charge in [0.1, 0.15) is 0 Å². The van der Waals surface area contributed by atoms with E-state index in [2.05, 4.69) is 22.8 Å². The first-order valence-electron chi connectivity index (χ1n) is 7.76. The summed E-state index contributed by atoms with van der Waals surface area (Å²) in [6.45, 7) is 4.32. The molecule has 0 aliphatic rings. The topological polar surface area (TPSA) is 58.2 Å². The molecule has 0 atom stereocenters. The molecule has 120 valence electrons. The second-order valence-corrected chi connectivity index (χ2v) is 5.62. The fourth-order valence-electron chi connectivity index (χ4n) is 2.27. The van der Waals surface area contributed by atoms with E-state index in [0.29, 0.717) is 12.2 Å². The van der Waals surface area contributed by atoms with Crippen LogP contribution in [0.2, 0.25) is 0 Å². The number of benzene rings is 2. The van der Waals surface area contributed by atoms with Gasteiger partial charge < -0.3 is 10.6 Å². The third-order valence-electron chi connectivity index (χ3n) is 3.62. The van der Waals surface area contributed by atoms with Crippen LogP contribution in [0.25, 0.3) is 0 Å². The molecule has 2 rings (SSSR count). The van der Waals surface area contributed by atoms with Crippen LogP contribution in [0.3, 0.4) is 0 Å². The molecule has 2 N–H and O–H groups in total. The average Bonchev–Trinajstić information content (AvgIpc) is 2.55. The minimum absolute atomic E-state index is 0.480. The van der Waals surface area contributed by atoms with Crippen LogP contribution in [-0.4, -0.2) is 18.4 Å². The standard InChI is InChI=1S/C19H22N2O2/c1-14-10-11-15(2)17(13-14)21-19(23)18(22)20-12-6-9-16-7-4-3-5-8-16/h3-5,7-8,10-11,13H,6,9,12H2,1-2H3,(H,20,22)(H,21,23). The van der Waals surface area contributed by atoms with Crippen LogP contribution in [0.5, 0.6) is 0 Å². The van der Waals surface area contributed by atoms with Crippen molar-refractivity contribution in [3.05, 3.63) is 65.2 Å². The Morgan fingerprint density at radius 1 is 0.957 bits per heavy atom. The van der Waals surface area contributed by atoms with Gasteiger partial charge in [-0.2, -0.15) is 0 Å². The minimum atomic E-state index is -0.626. The maximum atomic E-state index is 11.9. The summed E-state index contributed by atoms with van der Waals surface area (Å²) in [7, 11) is 0. The fourth-order valence-corrected chi connectivity index (χ4v) is 2.27. The highest BCUT2D eigenvalue weighted by atomic mass is 16.2. The van der Waals surface area contributed by atoms with Crippen molar-refractivity contribution in [1.29, 1.82) is 0 Å². The molecule has 4 nitrogen and oxygen atoms in total. The summed E-state index contributed by atoms with van der Waals surface area (Å²) in [6.07, 6.45) is 1.67. The Labute approximate surface area is 136 Å². The maximum absolute atomic E-state index is 11.9. The van der Waals surface area contributed by atoms with E-state index in [0.717, 1.165) is 24.0 Å². The smallest absolute Gasteiger partial charge is 0.313 e. The predicted octanol–water partition coefficient (Wildman–Crippen LogP) is 2.99. The number of anilines is 1. The van der Waals surface area contributed by atoms with Crippen molar-refractivity contribution in [3.8, 4) is 0 Å². The van der Waals surface area contributed by atoms with E-state index < -0.39 is 11.8 Å². The molecular weight excluding hydrogens is 288 g/mol. The highest BCUT2D eigenvalue weighted by Gasteiger charge is 2.14. The van der Waals surface area contributed by atoms with E-state index >= 15 is 0 Å². The first kappa shape index (κ1) is 16.7. The van der Waals surface area contributed by atoms with E-state index in [4.69, 9.17) is 0 Å². The summed E-state index contributed by atoms with van der Waals surface area (Å²) in [5, 5.41) is 5.31. The van der Waals surface area contributed by atoms with Gasteiger partial charge in [0.15, 0.2) is 0 Å². The highest BCUT2D eigenvalue weighted by Crippen LogP contribution is 2.16. The summed E-state index contributed by atoms with van der Waals surface area (Å²) >= 11 is 0. The maximum Gasteiger partial charge on any atom is 0.313 e. The van der Waals surface area contributed by atoms with Gasteiger partial charge in [-0.15, -0.1) is 0 Å².